The van der Waals surface area contributed by atoms with E-state index in [4.69, 9.17) is 4.74 Å². The molecule has 1 saturated carbocycles. The Balaban J connectivity index is 1.57. The van der Waals surface area contributed by atoms with E-state index in [1.54, 1.807) is 7.11 Å². The first kappa shape index (κ1) is 18.4. The highest BCUT2D eigenvalue weighted by Crippen LogP contribution is 2.51. The van der Waals surface area contributed by atoms with Crippen LogP contribution in [0.2, 0.25) is 0 Å². The van der Waals surface area contributed by atoms with Crippen molar-refractivity contribution < 1.29 is 9.53 Å². The predicted octanol–water partition coefficient (Wildman–Crippen LogP) is 4.69. The first-order valence-corrected chi connectivity index (χ1v) is 9.93. The molecule has 1 aliphatic rings. The first-order valence-electron chi connectivity index (χ1n) is 9.93. The van der Waals surface area contributed by atoms with Gasteiger partial charge >= 0.3 is 0 Å². The standard InChI is InChI=1S/C23H27N3O2/c1-4-26(5-2)17-8-6-16(7-9-17)25-22(27)23(12-13-23)20-15-24-21-11-10-18(28-3)14-19(20)21/h6-11,14-15,24H,4-5,12-13H2,1-3H3,(H,25,27). The lowest BCUT2D eigenvalue weighted by atomic mass is 9.94. The number of anilines is 2. The lowest BCUT2D eigenvalue weighted by Crippen LogP contribution is -2.27. The third-order valence-electron chi connectivity index (χ3n) is 5.84. The molecule has 0 unspecified atom stereocenters. The smallest absolute Gasteiger partial charge is 0.235 e. The predicted molar refractivity (Wildman–Crippen MR) is 114 cm³/mol. The second kappa shape index (κ2) is 7.23. The highest BCUT2D eigenvalue weighted by Gasteiger charge is 2.52. The van der Waals surface area contributed by atoms with Gasteiger partial charge in [-0.05, 0) is 74.7 Å². The minimum Gasteiger partial charge on any atom is -0.497 e. The summed E-state index contributed by atoms with van der Waals surface area (Å²) < 4.78 is 5.37. The highest BCUT2D eigenvalue weighted by atomic mass is 16.5. The SMILES string of the molecule is CCN(CC)c1ccc(NC(=O)C2(c3c[nH]c4ccc(OC)cc34)CC2)cc1. The Labute approximate surface area is 165 Å². The fraction of sp³-hybridized carbons (Fsp3) is 0.348. The monoisotopic (exact) mass is 377 g/mol. The summed E-state index contributed by atoms with van der Waals surface area (Å²) in [6.45, 7) is 6.23. The molecule has 3 aromatic rings. The van der Waals surface area contributed by atoms with Gasteiger partial charge in [0.15, 0.2) is 0 Å². The second-order valence-electron chi connectivity index (χ2n) is 7.37. The highest BCUT2D eigenvalue weighted by molar-refractivity contribution is 6.04. The van der Waals surface area contributed by atoms with Gasteiger partial charge in [0.2, 0.25) is 5.91 Å². The van der Waals surface area contributed by atoms with Crippen molar-refractivity contribution in [2.24, 2.45) is 0 Å². The third-order valence-corrected chi connectivity index (χ3v) is 5.84. The molecule has 1 amide bonds. The molecule has 5 heteroatoms. The molecule has 1 fully saturated rings. The largest absolute Gasteiger partial charge is 0.497 e. The summed E-state index contributed by atoms with van der Waals surface area (Å²) in [5, 5.41) is 4.19. The summed E-state index contributed by atoms with van der Waals surface area (Å²) in [6, 6.07) is 14.0. The van der Waals surface area contributed by atoms with E-state index in [2.05, 4.69) is 41.2 Å². The third kappa shape index (κ3) is 3.11. The van der Waals surface area contributed by atoms with Gasteiger partial charge in [-0.1, -0.05) is 0 Å². The normalized spacial score (nSPS) is 14.7. The first-order chi connectivity index (χ1) is 13.6. The number of benzene rings is 2. The van der Waals surface area contributed by atoms with Crippen LogP contribution < -0.4 is 15.0 Å². The Bertz CT molecular complexity index is 983. The number of amides is 1. The summed E-state index contributed by atoms with van der Waals surface area (Å²) in [5.74, 6) is 0.864. The van der Waals surface area contributed by atoms with Crippen LogP contribution in [0.5, 0.6) is 5.75 Å². The molecule has 0 bridgehead atoms. The van der Waals surface area contributed by atoms with Gasteiger partial charge in [0.25, 0.3) is 0 Å². The molecule has 5 nitrogen and oxygen atoms in total. The van der Waals surface area contributed by atoms with E-state index < -0.39 is 5.41 Å². The van der Waals surface area contributed by atoms with E-state index >= 15 is 0 Å². The van der Waals surface area contributed by atoms with Crippen molar-refractivity contribution >= 4 is 28.2 Å². The van der Waals surface area contributed by atoms with Gasteiger partial charge in [-0.2, -0.15) is 0 Å². The van der Waals surface area contributed by atoms with Gasteiger partial charge in [0, 0.05) is 41.6 Å². The van der Waals surface area contributed by atoms with E-state index in [-0.39, 0.29) is 5.91 Å². The van der Waals surface area contributed by atoms with E-state index in [1.807, 2.05) is 36.5 Å². The Morgan fingerprint density at radius 2 is 1.86 bits per heavy atom. The fourth-order valence-corrected chi connectivity index (χ4v) is 3.96. The zero-order valence-electron chi connectivity index (χ0n) is 16.7. The number of ether oxygens (including phenoxy) is 1. The molecule has 28 heavy (non-hydrogen) atoms. The van der Waals surface area contributed by atoms with Crippen LogP contribution in [0.3, 0.4) is 0 Å². The van der Waals surface area contributed by atoms with Crippen LogP contribution in [0, 0.1) is 0 Å². The Morgan fingerprint density at radius 1 is 1.14 bits per heavy atom. The van der Waals surface area contributed by atoms with Crippen molar-refractivity contribution in [3.05, 3.63) is 54.2 Å². The van der Waals surface area contributed by atoms with Gasteiger partial charge in [0.05, 0.1) is 12.5 Å². The van der Waals surface area contributed by atoms with Gasteiger partial charge in [-0.25, -0.2) is 0 Å². The minimum absolute atomic E-state index is 0.0619. The zero-order valence-corrected chi connectivity index (χ0v) is 16.7. The fourth-order valence-electron chi connectivity index (χ4n) is 3.96. The zero-order chi connectivity index (χ0) is 19.7. The maximum absolute atomic E-state index is 13.2. The van der Waals surface area contributed by atoms with Crippen LogP contribution in [0.1, 0.15) is 32.3 Å². The summed E-state index contributed by atoms with van der Waals surface area (Å²) >= 11 is 0. The number of H-pyrrole nitrogens is 1. The van der Waals surface area contributed by atoms with Crippen molar-refractivity contribution in [3.8, 4) is 5.75 Å². The molecular weight excluding hydrogens is 350 g/mol. The van der Waals surface area contributed by atoms with Crippen LogP contribution in [0.15, 0.2) is 48.7 Å². The molecule has 2 N–H and O–H groups in total. The van der Waals surface area contributed by atoms with Crippen LogP contribution >= 0.6 is 0 Å². The molecule has 0 aliphatic heterocycles. The van der Waals surface area contributed by atoms with Gasteiger partial charge in [0.1, 0.15) is 5.75 Å². The van der Waals surface area contributed by atoms with Crippen molar-refractivity contribution in [1.29, 1.82) is 0 Å². The summed E-state index contributed by atoms with van der Waals surface area (Å²) in [6.07, 6.45) is 3.70. The number of carbonyl (C=O) groups excluding carboxylic acids is 1. The average Bonchev–Trinajstić information content (AvgIpc) is 3.43. The van der Waals surface area contributed by atoms with E-state index in [9.17, 15) is 4.79 Å². The summed E-state index contributed by atoms with van der Waals surface area (Å²) in [7, 11) is 1.66. The molecule has 0 atom stereocenters. The molecule has 0 radical (unpaired) electrons. The Morgan fingerprint density at radius 3 is 2.46 bits per heavy atom. The van der Waals surface area contributed by atoms with Crippen molar-refractivity contribution in [3.63, 3.8) is 0 Å². The van der Waals surface area contributed by atoms with Crippen LogP contribution in [-0.4, -0.2) is 31.1 Å². The lowest BCUT2D eigenvalue weighted by Gasteiger charge is -2.21. The number of methoxy groups -OCH3 is 1. The van der Waals surface area contributed by atoms with Gasteiger partial charge < -0.3 is 19.9 Å². The van der Waals surface area contributed by atoms with Gasteiger partial charge in [-0.3, -0.25) is 4.79 Å². The number of aromatic amines is 1. The van der Waals surface area contributed by atoms with Crippen LogP contribution in [0.25, 0.3) is 10.9 Å². The molecule has 1 heterocycles. The van der Waals surface area contributed by atoms with Gasteiger partial charge in [-0.15, -0.1) is 0 Å². The second-order valence-corrected chi connectivity index (χ2v) is 7.37. The molecular formula is C23H27N3O2. The maximum Gasteiger partial charge on any atom is 0.235 e. The number of fused-ring (bicyclic) bond motifs is 1. The van der Waals surface area contributed by atoms with E-state index in [0.29, 0.717) is 0 Å². The van der Waals surface area contributed by atoms with Crippen LogP contribution in [0.4, 0.5) is 11.4 Å². The number of hydrogen-bond donors (Lipinski definition) is 2. The van der Waals surface area contributed by atoms with Crippen molar-refractivity contribution in [2.45, 2.75) is 32.1 Å². The van der Waals surface area contributed by atoms with E-state index in [1.165, 1.54) is 5.69 Å². The molecule has 1 aliphatic carbocycles. The van der Waals surface area contributed by atoms with E-state index in [0.717, 1.165) is 53.8 Å². The quantitative estimate of drug-likeness (QED) is 0.628. The molecule has 0 saturated heterocycles. The molecule has 146 valence electrons. The number of hydrogen-bond acceptors (Lipinski definition) is 3. The minimum atomic E-state index is -0.456. The van der Waals surface area contributed by atoms with Crippen molar-refractivity contribution in [2.75, 3.05) is 30.4 Å². The number of nitrogens with one attached hydrogen (secondary N) is 2. The molecule has 4 rings (SSSR count). The Kier molecular flexibility index (Phi) is 4.75. The number of carbonyl (C=O) groups is 1. The summed E-state index contributed by atoms with van der Waals surface area (Å²) in [4.78, 5) is 18.7. The number of rotatable bonds is 7. The molecule has 2 aromatic carbocycles. The molecule has 1 aromatic heterocycles. The average molecular weight is 377 g/mol. The summed E-state index contributed by atoms with van der Waals surface area (Å²) in [5.41, 5.74) is 3.64. The Hall–Kier alpha value is -2.95. The number of nitrogens with zero attached hydrogens (tertiary/aromatic N) is 1. The molecule has 0 spiro atoms. The maximum atomic E-state index is 13.2. The van der Waals surface area contributed by atoms with Crippen LogP contribution in [-0.2, 0) is 10.2 Å². The van der Waals surface area contributed by atoms with Crippen molar-refractivity contribution in [1.82, 2.24) is 4.98 Å². The number of aromatic nitrogens is 1. The lowest BCUT2D eigenvalue weighted by molar-refractivity contribution is -0.118. The topological polar surface area (TPSA) is 57.4 Å².